The number of hydrogen-bond donors (Lipinski definition) is 1. The highest BCUT2D eigenvalue weighted by molar-refractivity contribution is 6.34. The van der Waals surface area contributed by atoms with Crippen LogP contribution in [0.15, 0.2) is 0 Å². The fourth-order valence-electron chi connectivity index (χ4n) is 1.67. The van der Waals surface area contributed by atoms with Crippen LogP contribution in [0.5, 0.6) is 0 Å². The number of nitrogens with zero attached hydrogens (tertiary/aromatic N) is 4. The van der Waals surface area contributed by atoms with Crippen molar-refractivity contribution in [2.45, 2.75) is 25.7 Å². The Kier molecular flexibility index (Phi) is 1.68. The van der Waals surface area contributed by atoms with Crippen LogP contribution in [-0.4, -0.2) is 19.6 Å². The smallest absolute Gasteiger partial charge is 0.225 e. The number of aryl methyl sites for hydroxylation is 1. The number of halogens is 1. The van der Waals surface area contributed by atoms with Crippen LogP contribution in [0.25, 0.3) is 5.65 Å². The third-order valence-electron chi connectivity index (χ3n) is 2.55. The molecule has 78 valence electrons. The first-order valence-electron chi connectivity index (χ1n) is 4.85. The molecule has 0 saturated heterocycles. The fraction of sp³-hybridized carbons (Fsp3) is 0.444. The molecule has 0 aromatic carbocycles. The molecule has 0 spiro atoms. The van der Waals surface area contributed by atoms with Crippen molar-refractivity contribution in [3.63, 3.8) is 0 Å². The second kappa shape index (κ2) is 2.82. The lowest BCUT2D eigenvalue weighted by Gasteiger charge is -1.97. The van der Waals surface area contributed by atoms with Crippen molar-refractivity contribution >= 4 is 23.2 Å². The monoisotopic (exact) mass is 223 g/mol. The van der Waals surface area contributed by atoms with Gasteiger partial charge in [-0.2, -0.15) is 14.6 Å². The largest absolute Gasteiger partial charge is 0.368 e. The van der Waals surface area contributed by atoms with E-state index >= 15 is 0 Å². The molecule has 15 heavy (non-hydrogen) atoms. The highest BCUT2D eigenvalue weighted by Gasteiger charge is 2.30. The van der Waals surface area contributed by atoms with E-state index < -0.39 is 0 Å². The second-order valence-corrected chi connectivity index (χ2v) is 4.22. The molecule has 2 aromatic heterocycles. The summed E-state index contributed by atoms with van der Waals surface area (Å²) in [6.45, 7) is 1.79. The van der Waals surface area contributed by atoms with Crippen LogP contribution in [-0.2, 0) is 0 Å². The number of nitrogens with two attached hydrogens (primary N) is 1. The lowest BCUT2D eigenvalue weighted by molar-refractivity contribution is 0.853. The summed E-state index contributed by atoms with van der Waals surface area (Å²) in [7, 11) is 0. The molecule has 0 amide bonds. The molecular formula is C9H10ClN5. The molecular weight excluding hydrogens is 214 g/mol. The van der Waals surface area contributed by atoms with Gasteiger partial charge in [-0.1, -0.05) is 11.6 Å². The molecule has 1 fully saturated rings. The molecule has 2 N–H and O–H groups in total. The normalized spacial score (nSPS) is 16.1. The maximum absolute atomic E-state index is 6.21. The van der Waals surface area contributed by atoms with Crippen molar-refractivity contribution in [3.05, 3.63) is 16.5 Å². The first kappa shape index (κ1) is 8.91. The lowest BCUT2D eigenvalue weighted by Crippen LogP contribution is -2.05. The molecule has 6 heteroatoms. The Morgan fingerprint density at radius 2 is 2.13 bits per heavy atom. The summed E-state index contributed by atoms with van der Waals surface area (Å²) in [5.74, 6) is 1.44. The maximum atomic E-state index is 6.21. The molecule has 0 bridgehead atoms. The minimum Gasteiger partial charge on any atom is -0.368 e. The molecule has 3 rings (SSSR count). The van der Waals surface area contributed by atoms with Crippen molar-refractivity contribution in [2.75, 3.05) is 5.73 Å². The van der Waals surface area contributed by atoms with Gasteiger partial charge in [0.1, 0.15) is 10.8 Å². The molecule has 0 unspecified atom stereocenters. The van der Waals surface area contributed by atoms with Gasteiger partial charge in [-0.15, -0.1) is 0 Å². The van der Waals surface area contributed by atoms with Crippen LogP contribution in [0, 0.1) is 6.92 Å². The Labute approximate surface area is 91.3 Å². The van der Waals surface area contributed by atoms with E-state index in [4.69, 9.17) is 17.3 Å². The van der Waals surface area contributed by atoms with Crippen LogP contribution in [0.4, 0.5) is 5.95 Å². The van der Waals surface area contributed by atoms with Gasteiger partial charge in [0.15, 0.2) is 5.65 Å². The lowest BCUT2D eigenvalue weighted by atomic mass is 10.3. The van der Waals surface area contributed by atoms with Gasteiger partial charge in [0.25, 0.3) is 0 Å². The number of fused-ring (bicyclic) bond motifs is 1. The zero-order valence-corrected chi connectivity index (χ0v) is 8.99. The van der Waals surface area contributed by atoms with Crippen LogP contribution >= 0.6 is 11.6 Å². The van der Waals surface area contributed by atoms with E-state index in [1.165, 1.54) is 4.52 Å². The predicted molar refractivity (Wildman–Crippen MR) is 56.9 cm³/mol. The zero-order chi connectivity index (χ0) is 10.6. The minimum atomic E-state index is 0.339. The number of hydrogen-bond acceptors (Lipinski definition) is 4. The third-order valence-corrected chi connectivity index (χ3v) is 2.92. The highest BCUT2D eigenvalue weighted by atomic mass is 35.5. The second-order valence-electron chi connectivity index (χ2n) is 3.84. The Balaban J connectivity index is 2.34. The molecule has 2 aromatic rings. The van der Waals surface area contributed by atoms with E-state index in [9.17, 15) is 0 Å². The van der Waals surface area contributed by atoms with E-state index in [1.54, 1.807) is 6.92 Å². The third kappa shape index (κ3) is 1.26. The van der Waals surface area contributed by atoms with Crippen LogP contribution in [0.2, 0.25) is 5.02 Å². The van der Waals surface area contributed by atoms with Gasteiger partial charge in [-0.25, -0.2) is 4.98 Å². The highest BCUT2D eigenvalue weighted by Crippen LogP contribution is 2.43. The molecule has 5 nitrogen and oxygen atoms in total. The maximum Gasteiger partial charge on any atom is 0.225 e. The number of rotatable bonds is 1. The summed E-state index contributed by atoms with van der Waals surface area (Å²) in [4.78, 5) is 8.29. The molecule has 0 radical (unpaired) electrons. The first-order chi connectivity index (χ1) is 7.16. The van der Waals surface area contributed by atoms with E-state index in [2.05, 4.69) is 15.1 Å². The van der Waals surface area contributed by atoms with E-state index in [-0.39, 0.29) is 0 Å². The fourth-order valence-corrected chi connectivity index (χ4v) is 1.99. The molecule has 2 heterocycles. The summed E-state index contributed by atoms with van der Waals surface area (Å²) >= 11 is 6.21. The summed E-state index contributed by atoms with van der Waals surface area (Å²) < 4.78 is 1.52. The quantitative estimate of drug-likeness (QED) is 0.796. The molecule has 1 saturated carbocycles. The predicted octanol–water partition coefficient (Wildman–Crippen LogP) is 1.55. The summed E-state index contributed by atoms with van der Waals surface area (Å²) in [6.07, 6.45) is 2.30. The van der Waals surface area contributed by atoms with Gasteiger partial charge in [0.2, 0.25) is 5.95 Å². The van der Waals surface area contributed by atoms with Crippen molar-refractivity contribution in [2.24, 2.45) is 0 Å². The van der Waals surface area contributed by atoms with Crippen LogP contribution in [0.3, 0.4) is 0 Å². The Bertz CT molecular complexity index is 543. The van der Waals surface area contributed by atoms with Gasteiger partial charge in [0.05, 0.1) is 5.69 Å². The van der Waals surface area contributed by atoms with Crippen molar-refractivity contribution in [1.82, 2.24) is 19.6 Å². The molecule has 1 aliphatic rings. The summed E-state index contributed by atoms with van der Waals surface area (Å²) in [6, 6.07) is 0. The summed E-state index contributed by atoms with van der Waals surface area (Å²) in [5, 5.41) is 4.97. The topological polar surface area (TPSA) is 69.1 Å². The van der Waals surface area contributed by atoms with Gasteiger partial charge in [-0.3, -0.25) is 0 Å². The number of aromatic nitrogens is 4. The first-order valence-corrected chi connectivity index (χ1v) is 5.23. The van der Waals surface area contributed by atoms with E-state index in [0.717, 1.165) is 18.5 Å². The van der Waals surface area contributed by atoms with Gasteiger partial charge in [-0.05, 0) is 19.8 Å². The van der Waals surface area contributed by atoms with Crippen molar-refractivity contribution < 1.29 is 0 Å². The molecule has 1 aliphatic carbocycles. The van der Waals surface area contributed by atoms with Crippen molar-refractivity contribution in [3.8, 4) is 0 Å². The zero-order valence-electron chi connectivity index (χ0n) is 8.24. The molecule has 0 aliphatic heterocycles. The Hall–Kier alpha value is -1.36. The van der Waals surface area contributed by atoms with E-state index in [1.807, 2.05) is 0 Å². The standard InChI is InChI=1S/C9H10ClN5/c1-4-12-8-6(10)7(5-2-3-5)14-15(8)9(11)13-4/h5H,2-3H2,1H3,(H2,11,12,13). The number of nitrogen functional groups attached to an aromatic ring is 1. The molecule has 0 atom stereocenters. The summed E-state index contributed by atoms with van der Waals surface area (Å²) in [5.41, 5.74) is 7.27. The SMILES string of the molecule is Cc1nc(N)n2nc(C3CC3)c(Cl)c2n1. The average Bonchev–Trinajstić information content (AvgIpc) is 2.94. The van der Waals surface area contributed by atoms with Crippen molar-refractivity contribution in [1.29, 1.82) is 0 Å². The van der Waals surface area contributed by atoms with Crippen LogP contribution < -0.4 is 5.73 Å². The Morgan fingerprint density at radius 1 is 1.40 bits per heavy atom. The Morgan fingerprint density at radius 3 is 2.80 bits per heavy atom. The van der Waals surface area contributed by atoms with Crippen LogP contribution in [0.1, 0.15) is 30.3 Å². The van der Waals surface area contributed by atoms with Gasteiger partial charge < -0.3 is 5.73 Å². The van der Waals surface area contributed by atoms with Gasteiger partial charge in [0, 0.05) is 5.92 Å². The van der Waals surface area contributed by atoms with E-state index in [0.29, 0.717) is 28.4 Å². The number of anilines is 1. The average molecular weight is 224 g/mol. The minimum absolute atomic E-state index is 0.339. The van der Waals surface area contributed by atoms with Gasteiger partial charge >= 0.3 is 0 Å².